The summed E-state index contributed by atoms with van der Waals surface area (Å²) in [7, 11) is 0. The Balaban J connectivity index is 2.70. The van der Waals surface area contributed by atoms with Crippen LogP contribution in [0, 0.1) is 6.92 Å². The molecule has 0 heterocycles. The minimum atomic E-state index is -0.732. The molecular weight excluding hydrogens is 236 g/mol. The maximum atomic E-state index is 10.5. The molecule has 0 aliphatic heterocycles. The zero-order chi connectivity index (χ0) is 14.5. The predicted molar refractivity (Wildman–Crippen MR) is 82.8 cm³/mol. The summed E-state index contributed by atoms with van der Waals surface area (Å²) < 4.78 is 0. The third-order valence-electron chi connectivity index (χ3n) is 3.17. The normalized spacial score (nSPS) is 14.5. The molecule has 0 amide bonds. The van der Waals surface area contributed by atoms with Crippen LogP contribution >= 0.6 is 0 Å². The summed E-state index contributed by atoms with van der Waals surface area (Å²) in [6.45, 7) is 12.4. The van der Waals surface area contributed by atoms with Crippen LogP contribution in [0.15, 0.2) is 24.3 Å². The van der Waals surface area contributed by atoms with E-state index in [4.69, 9.17) is 0 Å². The lowest BCUT2D eigenvalue weighted by atomic mass is 10.1. The number of aliphatic hydroxyl groups is 1. The smallest absolute Gasteiger partial charge is 0.0917 e. The van der Waals surface area contributed by atoms with Crippen molar-refractivity contribution in [3.05, 3.63) is 29.8 Å². The van der Waals surface area contributed by atoms with Crippen LogP contribution in [0.2, 0.25) is 0 Å². The van der Waals surface area contributed by atoms with E-state index in [0.717, 1.165) is 6.54 Å². The van der Waals surface area contributed by atoms with Gasteiger partial charge in [0, 0.05) is 31.4 Å². The summed E-state index contributed by atoms with van der Waals surface area (Å²) >= 11 is 0. The van der Waals surface area contributed by atoms with E-state index >= 15 is 0 Å². The average molecular weight is 264 g/mol. The molecule has 1 aromatic carbocycles. The molecule has 3 heteroatoms. The highest BCUT2D eigenvalue weighted by molar-refractivity contribution is 5.48. The monoisotopic (exact) mass is 264 g/mol. The predicted octanol–water partition coefficient (Wildman–Crippen LogP) is 2.57. The van der Waals surface area contributed by atoms with Gasteiger partial charge in [0.05, 0.1) is 5.60 Å². The Morgan fingerprint density at radius 3 is 2.58 bits per heavy atom. The van der Waals surface area contributed by atoms with E-state index in [0.29, 0.717) is 19.1 Å². The number of nitrogens with zero attached hydrogens (tertiary/aromatic N) is 1. The van der Waals surface area contributed by atoms with Gasteiger partial charge < -0.3 is 15.3 Å². The molecular formula is C16H28N2O. The van der Waals surface area contributed by atoms with Gasteiger partial charge in [-0.25, -0.2) is 0 Å². The highest BCUT2D eigenvalue weighted by Gasteiger charge is 2.23. The lowest BCUT2D eigenvalue weighted by molar-refractivity contribution is 0.0647. The van der Waals surface area contributed by atoms with Crippen molar-refractivity contribution in [3.8, 4) is 0 Å². The fraction of sp³-hybridized carbons (Fsp3) is 0.625. The maximum Gasteiger partial charge on any atom is 0.0917 e. The quantitative estimate of drug-likeness (QED) is 0.794. The molecule has 0 radical (unpaired) electrons. The molecule has 3 nitrogen and oxygen atoms in total. The van der Waals surface area contributed by atoms with Crippen LogP contribution in [0.1, 0.15) is 33.3 Å². The van der Waals surface area contributed by atoms with Gasteiger partial charge in [-0.15, -0.1) is 0 Å². The first kappa shape index (κ1) is 16.0. The Hall–Kier alpha value is -1.06. The molecule has 19 heavy (non-hydrogen) atoms. The Bertz CT molecular complexity index is 388. The highest BCUT2D eigenvalue weighted by atomic mass is 16.3. The molecule has 0 aliphatic rings. The number of nitrogens with one attached hydrogen (secondary N) is 1. The number of likely N-dealkylation sites (N-methyl/N-ethyl adjacent to an activating group) is 1. The number of hydrogen-bond donors (Lipinski definition) is 2. The van der Waals surface area contributed by atoms with Crippen molar-refractivity contribution in [3.63, 3.8) is 0 Å². The second kappa shape index (κ2) is 6.92. The minimum Gasteiger partial charge on any atom is -0.387 e. The molecule has 2 N–H and O–H groups in total. The van der Waals surface area contributed by atoms with E-state index in [2.05, 4.69) is 62.2 Å². The molecule has 0 aliphatic carbocycles. The van der Waals surface area contributed by atoms with Gasteiger partial charge in [0.15, 0.2) is 0 Å². The molecule has 0 aromatic heterocycles. The lowest BCUT2D eigenvalue weighted by Gasteiger charge is -2.33. The third kappa shape index (κ3) is 5.62. The first-order chi connectivity index (χ1) is 8.84. The van der Waals surface area contributed by atoms with Gasteiger partial charge in [0.2, 0.25) is 0 Å². The van der Waals surface area contributed by atoms with Gasteiger partial charge in [-0.1, -0.05) is 26.0 Å². The van der Waals surface area contributed by atoms with Gasteiger partial charge >= 0.3 is 0 Å². The third-order valence-corrected chi connectivity index (χ3v) is 3.17. The molecule has 1 atom stereocenters. The van der Waals surface area contributed by atoms with Gasteiger partial charge in [0.25, 0.3) is 0 Å². The van der Waals surface area contributed by atoms with Crippen molar-refractivity contribution in [2.75, 3.05) is 24.5 Å². The second-order valence-corrected chi connectivity index (χ2v) is 5.89. The molecule has 1 unspecified atom stereocenters. The van der Waals surface area contributed by atoms with E-state index in [1.807, 2.05) is 6.92 Å². The van der Waals surface area contributed by atoms with Gasteiger partial charge in [-0.3, -0.25) is 0 Å². The van der Waals surface area contributed by atoms with E-state index < -0.39 is 5.60 Å². The largest absolute Gasteiger partial charge is 0.387 e. The van der Waals surface area contributed by atoms with Gasteiger partial charge in [0.1, 0.15) is 0 Å². The fourth-order valence-electron chi connectivity index (χ4n) is 2.10. The summed E-state index contributed by atoms with van der Waals surface area (Å²) in [5.74, 6) is 0. The van der Waals surface area contributed by atoms with Crippen molar-refractivity contribution < 1.29 is 5.11 Å². The van der Waals surface area contributed by atoms with Crippen molar-refractivity contribution in [2.24, 2.45) is 0 Å². The van der Waals surface area contributed by atoms with Gasteiger partial charge in [-0.2, -0.15) is 0 Å². The van der Waals surface area contributed by atoms with Gasteiger partial charge in [-0.05, 0) is 38.5 Å². The standard InChI is InChI=1S/C16H28N2O/c1-6-18(15-9-7-8-14(4)10-15)12-16(5,19)11-17-13(2)3/h7-10,13,17,19H,6,11-12H2,1-5H3. The van der Waals surface area contributed by atoms with Crippen LogP contribution in [0.25, 0.3) is 0 Å². The van der Waals surface area contributed by atoms with Crippen molar-refractivity contribution in [1.29, 1.82) is 0 Å². The van der Waals surface area contributed by atoms with E-state index in [9.17, 15) is 5.11 Å². The number of hydrogen-bond acceptors (Lipinski definition) is 3. The van der Waals surface area contributed by atoms with E-state index in [1.54, 1.807) is 0 Å². The molecule has 108 valence electrons. The molecule has 0 spiro atoms. The average Bonchev–Trinajstić information content (AvgIpc) is 2.34. The highest BCUT2D eigenvalue weighted by Crippen LogP contribution is 2.18. The summed E-state index contributed by atoms with van der Waals surface area (Å²) in [5.41, 5.74) is 1.69. The summed E-state index contributed by atoms with van der Waals surface area (Å²) in [6.07, 6.45) is 0. The van der Waals surface area contributed by atoms with Crippen LogP contribution in [0.4, 0.5) is 5.69 Å². The molecule has 0 bridgehead atoms. The number of rotatable bonds is 7. The summed E-state index contributed by atoms with van der Waals surface area (Å²) in [4.78, 5) is 2.22. The molecule has 1 rings (SSSR count). The maximum absolute atomic E-state index is 10.5. The molecule has 0 fully saturated rings. The van der Waals surface area contributed by atoms with Crippen LogP contribution < -0.4 is 10.2 Å². The minimum absolute atomic E-state index is 0.389. The zero-order valence-corrected chi connectivity index (χ0v) is 12.9. The topological polar surface area (TPSA) is 35.5 Å². The second-order valence-electron chi connectivity index (χ2n) is 5.89. The number of aryl methyl sites for hydroxylation is 1. The van der Waals surface area contributed by atoms with Crippen LogP contribution in [0.5, 0.6) is 0 Å². The first-order valence-electron chi connectivity index (χ1n) is 7.11. The summed E-state index contributed by atoms with van der Waals surface area (Å²) in [6, 6.07) is 8.81. The Morgan fingerprint density at radius 2 is 2.05 bits per heavy atom. The Labute approximate surface area is 117 Å². The SMILES string of the molecule is CCN(CC(C)(O)CNC(C)C)c1cccc(C)c1. The number of anilines is 1. The first-order valence-corrected chi connectivity index (χ1v) is 7.11. The Morgan fingerprint density at radius 1 is 1.37 bits per heavy atom. The molecule has 0 saturated carbocycles. The zero-order valence-electron chi connectivity index (χ0n) is 12.9. The lowest BCUT2D eigenvalue weighted by Crippen LogP contribution is -2.49. The fourth-order valence-corrected chi connectivity index (χ4v) is 2.10. The van der Waals surface area contributed by atoms with Crippen LogP contribution in [0.3, 0.4) is 0 Å². The molecule has 1 aromatic rings. The van der Waals surface area contributed by atoms with Crippen molar-refractivity contribution >= 4 is 5.69 Å². The molecule has 0 saturated heterocycles. The van der Waals surface area contributed by atoms with E-state index in [-0.39, 0.29) is 0 Å². The van der Waals surface area contributed by atoms with Crippen molar-refractivity contribution in [2.45, 2.75) is 46.3 Å². The number of benzene rings is 1. The summed E-state index contributed by atoms with van der Waals surface area (Å²) in [5, 5.41) is 13.8. The van der Waals surface area contributed by atoms with Crippen LogP contribution in [-0.4, -0.2) is 36.4 Å². The van der Waals surface area contributed by atoms with E-state index in [1.165, 1.54) is 11.3 Å². The van der Waals surface area contributed by atoms with Crippen molar-refractivity contribution in [1.82, 2.24) is 5.32 Å². The Kier molecular flexibility index (Phi) is 5.83. The van der Waals surface area contributed by atoms with Crippen LogP contribution in [-0.2, 0) is 0 Å².